The second-order valence-electron chi connectivity index (χ2n) is 19.5. The van der Waals surface area contributed by atoms with Gasteiger partial charge >= 0.3 is 0 Å². The third-order valence-corrected chi connectivity index (χ3v) is 15.2. The van der Waals surface area contributed by atoms with Crippen LogP contribution in [0.1, 0.15) is 97.5 Å². The van der Waals surface area contributed by atoms with E-state index in [0.717, 1.165) is 105 Å². The van der Waals surface area contributed by atoms with E-state index in [1.807, 2.05) is 45.0 Å². The van der Waals surface area contributed by atoms with Crippen LogP contribution in [0.3, 0.4) is 0 Å². The summed E-state index contributed by atoms with van der Waals surface area (Å²) in [5.74, 6) is -1.12. The number of benzene rings is 2. The quantitative estimate of drug-likeness (QED) is 0.165. The molecule has 5 amide bonds. The van der Waals surface area contributed by atoms with Crippen LogP contribution in [0.2, 0.25) is 5.02 Å². The van der Waals surface area contributed by atoms with Crippen LogP contribution in [0, 0.1) is 12.3 Å². The minimum Gasteiger partial charge on any atom is -0.478 e. The van der Waals surface area contributed by atoms with Crippen LogP contribution in [-0.4, -0.2) is 131 Å². The summed E-state index contributed by atoms with van der Waals surface area (Å²) in [7, 11) is 1.51. The highest BCUT2D eigenvalue weighted by atomic mass is 35.5. The van der Waals surface area contributed by atoms with E-state index in [0.29, 0.717) is 39.6 Å². The highest BCUT2D eigenvalue weighted by Gasteiger charge is 2.50. The Morgan fingerprint density at radius 1 is 0.941 bits per heavy atom. The summed E-state index contributed by atoms with van der Waals surface area (Å²) >= 11 is 6.61. The number of halogens is 1. The molecule has 0 bridgehead atoms. The fraction of sp³-hybridized carbons (Fsp3) is 0.510. The van der Waals surface area contributed by atoms with Crippen LogP contribution in [0.5, 0.6) is 5.75 Å². The Bertz CT molecular complexity index is 2770. The van der Waals surface area contributed by atoms with Crippen LogP contribution < -0.4 is 36.0 Å². The van der Waals surface area contributed by atoms with Gasteiger partial charge in [-0.2, -0.15) is 4.98 Å². The molecule has 1 aliphatic carbocycles. The zero-order valence-electron chi connectivity index (χ0n) is 38.8. The summed E-state index contributed by atoms with van der Waals surface area (Å²) in [6.45, 7) is 10.9. The number of anilines is 4. The van der Waals surface area contributed by atoms with Crippen molar-refractivity contribution in [3.05, 3.63) is 74.7 Å². The van der Waals surface area contributed by atoms with Crippen molar-refractivity contribution in [2.24, 2.45) is 5.41 Å². The van der Waals surface area contributed by atoms with E-state index in [-0.39, 0.29) is 66.2 Å². The number of amides is 5. The van der Waals surface area contributed by atoms with Gasteiger partial charge in [0.1, 0.15) is 11.1 Å². The number of carbonyl (C=O) groups excluding carboxylic acids is 5. The lowest BCUT2D eigenvalue weighted by Crippen LogP contribution is -2.62. The molecule has 18 nitrogen and oxygen atoms in total. The molecule has 4 aromatic rings. The Hall–Kier alpha value is -6.11. The van der Waals surface area contributed by atoms with Gasteiger partial charge in [-0.1, -0.05) is 11.6 Å². The number of hydrogen-bond acceptors (Lipinski definition) is 14. The van der Waals surface area contributed by atoms with E-state index in [9.17, 15) is 28.8 Å². The second kappa shape index (κ2) is 18.1. The zero-order valence-corrected chi connectivity index (χ0v) is 39.6. The Kier molecular flexibility index (Phi) is 12.1. The molecule has 1 spiro atoms. The average molecular weight is 950 g/mol. The summed E-state index contributed by atoms with van der Waals surface area (Å²) in [5, 5.41) is 9.24. The predicted molar refractivity (Wildman–Crippen MR) is 255 cm³/mol. The molecular formula is C49H57ClN10O8. The van der Waals surface area contributed by atoms with Gasteiger partial charge in [-0.05, 0) is 121 Å². The zero-order chi connectivity index (χ0) is 47.6. The number of pyridine rings is 1. The molecule has 4 saturated heterocycles. The van der Waals surface area contributed by atoms with E-state index in [1.165, 1.54) is 7.05 Å². The van der Waals surface area contributed by atoms with Crippen molar-refractivity contribution in [1.82, 2.24) is 35.0 Å². The van der Waals surface area contributed by atoms with Crippen molar-refractivity contribution in [2.75, 3.05) is 68.0 Å². The molecule has 7 heterocycles. The number of likely N-dealkylation sites (tertiary alicyclic amines) is 1. The van der Waals surface area contributed by atoms with Crippen LogP contribution in [0.25, 0.3) is 10.9 Å². The first-order valence-electron chi connectivity index (χ1n) is 23.8. The van der Waals surface area contributed by atoms with Crippen molar-refractivity contribution in [2.45, 2.75) is 102 Å². The van der Waals surface area contributed by atoms with Gasteiger partial charge in [0.25, 0.3) is 23.3 Å². The van der Waals surface area contributed by atoms with Gasteiger partial charge in [-0.3, -0.25) is 39.0 Å². The molecule has 6 aliphatic rings. The number of aromatic nitrogens is 3. The Labute approximate surface area is 398 Å². The molecule has 2 aromatic heterocycles. The lowest BCUT2D eigenvalue weighted by atomic mass is 9.70. The van der Waals surface area contributed by atoms with E-state index in [4.69, 9.17) is 26.1 Å². The van der Waals surface area contributed by atoms with Crippen molar-refractivity contribution in [1.29, 1.82) is 0 Å². The topological polar surface area (TPSA) is 201 Å². The number of nitrogens with zero attached hydrogens (tertiary/aromatic N) is 7. The first kappa shape index (κ1) is 45.7. The highest BCUT2D eigenvalue weighted by molar-refractivity contribution is 6.33. The van der Waals surface area contributed by atoms with Crippen molar-refractivity contribution >= 4 is 75.2 Å². The van der Waals surface area contributed by atoms with Crippen LogP contribution in [0.4, 0.5) is 23.1 Å². The van der Waals surface area contributed by atoms with E-state index < -0.39 is 23.8 Å². The predicted octanol–water partition coefficient (Wildman–Crippen LogP) is 4.72. The summed E-state index contributed by atoms with van der Waals surface area (Å²) in [4.78, 5) is 93.9. The number of rotatable bonds is 12. The highest BCUT2D eigenvalue weighted by Crippen LogP contribution is 2.46. The maximum atomic E-state index is 13.6. The van der Waals surface area contributed by atoms with Gasteiger partial charge < -0.3 is 39.4 Å². The third-order valence-electron chi connectivity index (χ3n) is 14.9. The number of imide groups is 2. The van der Waals surface area contributed by atoms with Gasteiger partial charge in [0.15, 0.2) is 18.2 Å². The number of carbonyl (C=O) groups is 5. The number of likely N-dealkylation sites (N-methyl/N-ethyl adjacent to an activating group) is 1. The fourth-order valence-corrected chi connectivity index (χ4v) is 11.2. The first-order valence-corrected chi connectivity index (χ1v) is 24.1. The van der Waals surface area contributed by atoms with Crippen LogP contribution >= 0.6 is 11.6 Å². The lowest BCUT2D eigenvalue weighted by molar-refractivity contribution is -0.136. The number of piperidine rings is 3. The molecule has 0 radical (unpaired) electrons. The Morgan fingerprint density at radius 2 is 1.69 bits per heavy atom. The molecular weight excluding hydrogens is 892 g/mol. The molecule has 19 heteroatoms. The molecule has 1 atom stereocenters. The van der Waals surface area contributed by atoms with Gasteiger partial charge in [0.05, 0.1) is 35.0 Å². The number of ether oxygens (including phenoxy) is 2. The molecule has 10 rings (SSSR count). The van der Waals surface area contributed by atoms with E-state index >= 15 is 0 Å². The number of nitrogens with one attached hydrogen (secondary N) is 3. The Balaban J connectivity index is 0.682. The second-order valence-corrected chi connectivity index (χ2v) is 20.0. The van der Waals surface area contributed by atoms with Crippen molar-refractivity contribution in [3.63, 3.8) is 0 Å². The molecule has 358 valence electrons. The monoisotopic (exact) mass is 948 g/mol. The summed E-state index contributed by atoms with van der Waals surface area (Å²) in [5.41, 5.74) is 3.77. The van der Waals surface area contributed by atoms with Crippen molar-refractivity contribution < 1.29 is 33.4 Å². The molecule has 5 fully saturated rings. The van der Waals surface area contributed by atoms with Gasteiger partial charge in [0.2, 0.25) is 17.8 Å². The van der Waals surface area contributed by atoms with E-state index in [1.54, 1.807) is 22.9 Å². The Morgan fingerprint density at radius 3 is 2.40 bits per heavy atom. The average Bonchev–Trinajstić information content (AvgIpc) is 3.55. The summed E-state index contributed by atoms with van der Waals surface area (Å²) < 4.78 is 13.9. The van der Waals surface area contributed by atoms with Gasteiger partial charge in [-0.15, -0.1) is 0 Å². The SMILES string of the molecule is CNC(=O)COc1cc2cc(Nc3nc(N4CCC(O[C@H]5C[C@H](N6CCC7(CC6)CN(c6ccc8c(c6C)C(=O)N(C6CCC(=O)NC6=O)C8=O)C7)C5)CC4)ncc3Cl)ccc2n(C(C)C)c1=O. The lowest BCUT2D eigenvalue weighted by Gasteiger charge is -2.57. The normalized spacial score (nSPS) is 22.9. The molecule has 1 saturated carbocycles. The number of fused-ring (bicyclic) bond motifs is 2. The third kappa shape index (κ3) is 8.44. The van der Waals surface area contributed by atoms with E-state index in [2.05, 4.69) is 35.6 Å². The number of hydrogen-bond donors (Lipinski definition) is 3. The summed E-state index contributed by atoms with van der Waals surface area (Å²) in [6, 6.07) is 10.4. The first-order chi connectivity index (χ1) is 32.7. The van der Waals surface area contributed by atoms with Crippen LogP contribution in [0.15, 0.2) is 47.4 Å². The van der Waals surface area contributed by atoms with Crippen molar-refractivity contribution in [3.8, 4) is 5.75 Å². The largest absolute Gasteiger partial charge is 0.478 e. The van der Waals surface area contributed by atoms with Gasteiger partial charge in [-0.25, -0.2) is 4.98 Å². The molecule has 1 unspecified atom stereocenters. The maximum absolute atomic E-state index is 13.6. The van der Waals surface area contributed by atoms with Crippen LogP contribution in [-0.2, 0) is 19.1 Å². The maximum Gasteiger partial charge on any atom is 0.293 e. The molecule has 5 aliphatic heterocycles. The minimum atomic E-state index is -0.977. The molecule has 2 aromatic carbocycles. The molecule has 3 N–H and O–H groups in total. The summed E-state index contributed by atoms with van der Waals surface area (Å²) in [6.07, 6.45) is 8.32. The fourth-order valence-electron chi connectivity index (χ4n) is 11.0. The minimum absolute atomic E-state index is 0.0915. The standard InChI is InChI=1S/C49H57ClN10O8/c1-27(2)59-37-7-5-30(19-29(37)20-39(46(59)65)67-24-41(62)51-4)53-43-35(50)23-52-48(55-43)57-15-11-32(12-16-57)68-33-21-31(22-33)56-17-13-49(14-18-56)25-58(26-49)36-8-6-34-42(28(36)3)47(66)60(45(34)64)38-9-10-40(61)54-44(38)63/h5-8,19-20,23,27,31-33,38H,9-18,21-22,24-26H2,1-4H3,(H,51,62)(H,52,53,55)(H,54,61,63)/t31-,33-,38?. The van der Waals surface area contributed by atoms with Gasteiger partial charge in [0, 0.05) is 73.9 Å². The smallest absolute Gasteiger partial charge is 0.293 e. The molecule has 68 heavy (non-hydrogen) atoms.